The number of hydrogen-bond acceptors (Lipinski definition) is 5. The van der Waals surface area contributed by atoms with E-state index in [1.807, 2.05) is 6.92 Å². The molecule has 0 aliphatic heterocycles. The van der Waals surface area contributed by atoms with Gasteiger partial charge in [0.05, 0.1) is 5.56 Å². The molecule has 0 aliphatic rings. The summed E-state index contributed by atoms with van der Waals surface area (Å²) in [6.45, 7) is 2.44. The molecule has 0 fully saturated rings. The molecular formula is C11H14N4O4. The second kappa shape index (κ2) is 7.04. The highest BCUT2D eigenvalue weighted by molar-refractivity contribution is 6.04. The van der Waals surface area contributed by atoms with Gasteiger partial charge in [-0.2, -0.15) is 0 Å². The van der Waals surface area contributed by atoms with Crippen molar-refractivity contribution in [3.05, 3.63) is 34.0 Å². The van der Waals surface area contributed by atoms with Crippen molar-refractivity contribution in [2.75, 3.05) is 6.54 Å². The van der Waals surface area contributed by atoms with Gasteiger partial charge in [-0.3, -0.25) is 10.1 Å². The molecule has 19 heavy (non-hydrogen) atoms. The Morgan fingerprint density at radius 1 is 1.47 bits per heavy atom. The fourth-order valence-electron chi connectivity index (χ4n) is 1.26. The van der Waals surface area contributed by atoms with Crippen LogP contribution in [0.25, 0.3) is 0 Å². The number of nitro groups is 1. The first-order valence-electron chi connectivity index (χ1n) is 5.74. The van der Waals surface area contributed by atoms with E-state index < -0.39 is 22.7 Å². The Kier molecular flexibility index (Phi) is 5.39. The van der Waals surface area contributed by atoms with Crippen molar-refractivity contribution < 1.29 is 14.5 Å². The van der Waals surface area contributed by atoms with Crippen LogP contribution in [0.15, 0.2) is 18.3 Å². The largest absolute Gasteiger partial charge is 0.364 e. The van der Waals surface area contributed by atoms with Crippen molar-refractivity contribution in [2.45, 2.75) is 19.8 Å². The van der Waals surface area contributed by atoms with Crippen molar-refractivity contribution >= 4 is 17.8 Å². The third-order valence-electron chi connectivity index (χ3n) is 2.24. The first-order chi connectivity index (χ1) is 9.04. The van der Waals surface area contributed by atoms with Gasteiger partial charge >= 0.3 is 11.8 Å². The number of amides is 3. The van der Waals surface area contributed by atoms with E-state index in [9.17, 15) is 19.7 Å². The standard InChI is InChI=1S/C11H14N4O4/c1-2-3-5-13-11(17)14-10(16)8-4-6-12-9(7-8)15(18)19/h4,6-7H,2-3,5H2,1H3,(H2,13,14,16,17). The van der Waals surface area contributed by atoms with Crippen LogP contribution in [0.4, 0.5) is 10.6 Å². The number of imide groups is 1. The van der Waals surface area contributed by atoms with Gasteiger partial charge in [0.15, 0.2) is 0 Å². The summed E-state index contributed by atoms with van der Waals surface area (Å²) in [5, 5.41) is 15.1. The second-order valence-corrected chi connectivity index (χ2v) is 3.72. The minimum atomic E-state index is -0.710. The quantitative estimate of drug-likeness (QED) is 0.472. The van der Waals surface area contributed by atoms with E-state index in [-0.39, 0.29) is 5.56 Å². The Hall–Kier alpha value is -2.51. The molecule has 0 aliphatic carbocycles. The lowest BCUT2D eigenvalue weighted by molar-refractivity contribution is -0.389. The van der Waals surface area contributed by atoms with Crippen molar-refractivity contribution in [1.82, 2.24) is 15.6 Å². The number of carbonyl (C=O) groups excluding carboxylic acids is 2. The number of aromatic nitrogens is 1. The summed E-state index contributed by atoms with van der Waals surface area (Å²) in [5.74, 6) is -1.15. The predicted molar refractivity (Wildman–Crippen MR) is 66.7 cm³/mol. The topological polar surface area (TPSA) is 114 Å². The van der Waals surface area contributed by atoms with E-state index >= 15 is 0 Å². The lowest BCUT2D eigenvalue weighted by Crippen LogP contribution is -2.39. The molecule has 0 bridgehead atoms. The molecule has 0 spiro atoms. The van der Waals surface area contributed by atoms with Crippen LogP contribution in [0.3, 0.4) is 0 Å². The average molecular weight is 266 g/mol. The highest BCUT2D eigenvalue weighted by Gasteiger charge is 2.14. The smallest absolute Gasteiger partial charge is 0.358 e. The maximum absolute atomic E-state index is 11.6. The maximum atomic E-state index is 11.6. The van der Waals surface area contributed by atoms with Crippen LogP contribution in [-0.4, -0.2) is 28.4 Å². The SMILES string of the molecule is CCCCNC(=O)NC(=O)c1ccnc([N+](=O)[O-])c1. The van der Waals surface area contributed by atoms with E-state index in [0.717, 1.165) is 25.1 Å². The number of hydrogen-bond donors (Lipinski definition) is 2. The molecule has 8 heteroatoms. The van der Waals surface area contributed by atoms with Crippen LogP contribution < -0.4 is 10.6 Å². The van der Waals surface area contributed by atoms with E-state index in [1.54, 1.807) is 0 Å². The Morgan fingerprint density at radius 2 is 2.21 bits per heavy atom. The maximum Gasteiger partial charge on any atom is 0.364 e. The van der Waals surface area contributed by atoms with Gasteiger partial charge in [0.1, 0.15) is 6.20 Å². The lowest BCUT2D eigenvalue weighted by Gasteiger charge is -2.05. The fraction of sp³-hybridized carbons (Fsp3) is 0.364. The van der Waals surface area contributed by atoms with Crippen molar-refractivity contribution in [3.8, 4) is 0 Å². The van der Waals surface area contributed by atoms with E-state index in [0.29, 0.717) is 6.54 Å². The van der Waals surface area contributed by atoms with Gasteiger partial charge in [0, 0.05) is 12.6 Å². The molecule has 3 amide bonds. The molecule has 0 radical (unpaired) electrons. The van der Waals surface area contributed by atoms with Crippen LogP contribution in [0.1, 0.15) is 30.1 Å². The zero-order valence-corrected chi connectivity index (χ0v) is 10.4. The second-order valence-electron chi connectivity index (χ2n) is 3.72. The summed E-state index contributed by atoms with van der Waals surface area (Å²) >= 11 is 0. The molecule has 0 unspecified atom stereocenters. The van der Waals surface area contributed by atoms with Crippen molar-refractivity contribution in [3.63, 3.8) is 0 Å². The van der Waals surface area contributed by atoms with E-state index in [4.69, 9.17) is 0 Å². The molecule has 2 N–H and O–H groups in total. The van der Waals surface area contributed by atoms with Crippen LogP contribution in [0.5, 0.6) is 0 Å². The summed E-state index contributed by atoms with van der Waals surface area (Å²) in [6.07, 6.45) is 2.87. The Bertz CT molecular complexity index is 489. The summed E-state index contributed by atoms with van der Waals surface area (Å²) in [6, 6.07) is 1.67. The summed E-state index contributed by atoms with van der Waals surface area (Å²) in [5.41, 5.74) is 0.00680. The Balaban J connectivity index is 2.60. The summed E-state index contributed by atoms with van der Waals surface area (Å²) in [7, 11) is 0. The number of nitrogens with zero attached hydrogens (tertiary/aromatic N) is 2. The zero-order valence-electron chi connectivity index (χ0n) is 10.4. The zero-order chi connectivity index (χ0) is 14.3. The van der Waals surface area contributed by atoms with Gasteiger partial charge in [0.25, 0.3) is 5.91 Å². The van der Waals surface area contributed by atoms with Gasteiger partial charge in [-0.25, -0.2) is 4.79 Å². The molecule has 0 saturated heterocycles. The minimum Gasteiger partial charge on any atom is -0.358 e. The highest BCUT2D eigenvalue weighted by Crippen LogP contribution is 2.08. The average Bonchev–Trinajstić information content (AvgIpc) is 2.39. The minimum absolute atomic E-state index is 0.00680. The fourth-order valence-corrected chi connectivity index (χ4v) is 1.26. The van der Waals surface area contributed by atoms with Crippen LogP contribution in [0, 0.1) is 10.1 Å². The molecule has 0 saturated carbocycles. The third-order valence-corrected chi connectivity index (χ3v) is 2.24. The molecule has 0 aromatic carbocycles. The molecule has 0 atom stereocenters. The van der Waals surface area contributed by atoms with Gasteiger partial charge in [0.2, 0.25) is 0 Å². The van der Waals surface area contributed by atoms with Gasteiger partial charge < -0.3 is 15.4 Å². The summed E-state index contributed by atoms with van der Waals surface area (Å²) < 4.78 is 0. The molecule has 1 aromatic heterocycles. The van der Waals surface area contributed by atoms with E-state index in [1.165, 1.54) is 6.07 Å². The highest BCUT2D eigenvalue weighted by atomic mass is 16.6. The van der Waals surface area contributed by atoms with Crippen molar-refractivity contribution in [1.29, 1.82) is 0 Å². The predicted octanol–water partition coefficient (Wildman–Crippen LogP) is 1.23. The van der Waals surface area contributed by atoms with Crippen molar-refractivity contribution in [2.24, 2.45) is 0 Å². The molecule has 1 rings (SSSR count). The lowest BCUT2D eigenvalue weighted by atomic mass is 10.2. The first-order valence-corrected chi connectivity index (χ1v) is 5.74. The number of unbranched alkanes of at least 4 members (excludes halogenated alkanes) is 1. The monoisotopic (exact) mass is 266 g/mol. The normalized spacial score (nSPS) is 9.74. The van der Waals surface area contributed by atoms with Crippen LogP contribution in [0.2, 0.25) is 0 Å². The van der Waals surface area contributed by atoms with Gasteiger partial charge in [-0.1, -0.05) is 13.3 Å². The number of rotatable bonds is 5. The molecule has 1 aromatic rings. The molecule has 102 valence electrons. The number of pyridine rings is 1. The number of carbonyl (C=O) groups is 2. The first kappa shape index (κ1) is 14.6. The Morgan fingerprint density at radius 3 is 2.84 bits per heavy atom. The van der Waals surface area contributed by atoms with Gasteiger partial charge in [-0.15, -0.1) is 0 Å². The molecule has 8 nitrogen and oxygen atoms in total. The van der Waals surface area contributed by atoms with Crippen LogP contribution >= 0.6 is 0 Å². The number of urea groups is 1. The summed E-state index contributed by atoms with van der Waals surface area (Å²) in [4.78, 5) is 36.2. The van der Waals surface area contributed by atoms with Crippen LogP contribution in [-0.2, 0) is 0 Å². The number of nitrogens with one attached hydrogen (secondary N) is 2. The van der Waals surface area contributed by atoms with E-state index in [2.05, 4.69) is 15.6 Å². The van der Waals surface area contributed by atoms with Gasteiger partial charge in [-0.05, 0) is 22.4 Å². The molecular weight excluding hydrogens is 252 g/mol. The molecule has 1 heterocycles. The third kappa shape index (κ3) is 4.70. The Labute approximate surface area is 109 Å².